The smallest absolute Gasteiger partial charge is 0.276 e. The van der Waals surface area contributed by atoms with Crippen LogP contribution in [0.5, 0.6) is 11.5 Å². The molecule has 2 aliphatic rings. The van der Waals surface area contributed by atoms with Crippen molar-refractivity contribution in [1.82, 2.24) is 10.2 Å². The van der Waals surface area contributed by atoms with E-state index >= 15 is 0 Å². The molecule has 1 aliphatic heterocycles. The average Bonchev–Trinajstić information content (AvgIpc) is 3.53. The molecule has 0 unspecified atom stereocenters. The Morgan fingerprint density at radius 1 is 1.20 bits per heavy atom. The number of nitrogens with zero attached hydrogens (tertiary/aromatic N) is 1. The molecule has 156 valence electrons. The van der Waals surface area contributed by atoms with E-state index in [1.54, 1.807) is 12.0 Å². The highest BCUT2D eigenvalue weighted by Crippen LogP contribution is 2.31. The van der Waals surface area contributed by atoms with Gasteiger partial charge >= 0.3 is 0 Å². The molecule has 5 nitrogen and oxygen atoms in total. The molecule has 1 aliphatic carbocycles. The van der Waals surface area contributed by atoms with Gasteiger partial charge in [-0.3, -0.25) is 9.69 Å². The fraction of sp³-hybridized carbons (Fsp3) is 0.333. The second-order valence-electron chi connectivity index (χ2n) is 7.98. The highest BCUT2D eigenvalue weighted by Gasteiger charge is 2.41. The highest BCUT2D eigenvalue weighted by atomic mass is 32.1. The second-order valence-corrected chi connectivity index (χ2v) is 8.36. The van der Waals surface area contributed by atoms with Crippen molar-refractivity contribution in [3.8, 4) is 11.5 Å². The van der Waals surface area contributed by atoms with Crippen LogP contribution in [0.25, 0.3) is 6.08 Å². The number of rotatable bonds is 7. The van der Waals surface area contributed by atoms with E-state index in [1.165, 1.54) is 5.56 Å². The van der Waals surface area contributed by atoms with E-state index in [-0.39, 0.29) is 11.9 Å². The standard InChI is InChI=1S/C24H26N2O3S/c1-15(2)17-5-9-20(10-6-17)29-14-18-12-16(4-11-22(18)28-3)13-21-23(27)26(19-7-8-19)24(30)25-21/h4-6,9-13,15,19H,7-8,14H2,1-3H3,(H,25,30)/b21-13+. The summed E-state index contributed by atoms with van der Waals surface area (Å²) < 4.78 is 11.5. The van der Waals surface area contributed by atoms with Gasteiger partial charge in [-0.1, -0.05) is 32.0 Å². The van der Waals surface area contributed by atoms with Crippen molar-refractivity contribution in [2.24, 2.45) is 0 Å². The quantitative estimate of drug-likeness (QED) is 0.521. The molecule has 6 heteroatoms. The number of carbonyl (C=O) groups excluding carboxylic acids is 1. The lowest BCUT2D eigenvalue weighted by Crippen LogP contribution is -2.32. The van der Waals surface area contributed by atoms with Crippen LogP contribution in [0.2, 0.25) is 0 Å². The molecule has 0 bridgehead atoms. The molecule has 2 aromatic carbocycles. The average molecular weight is 423 g/mol. The number of hydrogen-bond donors (Lipinski definition) is 1. The fourth-order valence-electron chi connectivity index (χ4n) is 3.49. The molecular weight excluding hydrogens is 396 g/mol. The first-order valence-corrected chi connectivity index (χ1v) is 10.6. The lowest BCUT2D eigenvalue weighted by molar-refractivity contribution is -0.122. The van der Waals surface area contributed by atoms with Gasteiger partial charge < -0.3 is 14.8 Å². The van der Waals surface area contributed by atoms with E-state index in [1.807, 2.05) is 36.4 Å². The lowest BCUT2D eigenvalue weighted by Gasteiger charge is -2.12. The number of ether oxygens (including phenoxy) is 2. The van der Waals surface area contributed by atoms with E-state index in [9.17, 15) is 4.79 Å². The Hall–Kier alpha value is -2.86. The summed E-state index contributed by atoms with van der Waals surface area (Å²) in [6, 6.07) is 14.2. The molecule has 1 amide bonds. The van der Waals surface area contributed by atoms with E-state index in [2.05, 4.69) is 31.3 Å². The van der Waals surface area contributed by atoms with Gasteiger partial charge in [0.05, 0.1) is 7.11 Å². The Balaban J connectivity index is 1.50. The maximum Gasteiger partial charge on any atom is 0.276 e. The normalized spacial score (nSPS) is 17.6. The summed E-state index contributed by atoms with van der Waals surface area (Å²) in [5.74, 6) is 1.99. The van der Waals surface area contributed by atoms with Crippen LogP contribution in [0, 0.1) is 0 Å². The van der Waals surface area contributed by atoms with Crippen LogP contribution in [0.1, 0.15) is 49.3 Å². The molecule has 2 aromatic rings. The number of hydrogen-bond acceptors (Lipinski definition) is 4. The third kappa shape index (κ3) is 4.33. The first-order valence-electron chi connectivity index (χ1n) is 10.2. The fourth-order valence-corrected chi connectivity index (χ4v) is 3.83. The number of benzene rings is 2. The number of thiocarbonyl (C=S) groups is 1. The zero-order valence-electron chi connectivity index (χ0n) is 17.5. The van der Waals surface area contributed by atoms with E-state index in [0.717, 1.165) is 35.5 Å². The number of nitrogens with one attached hydrogen (secondary N) is 1. The van der Waals surface area contributed by atoms with Gasteiger partial charge in [0.1, 0.15) is 23.8 Å². The van der Waals surface area contributed by atoms with Gasteiger partial charge in [0, 0.05) is 11.6 Å². The zero-order chi connectivity index (χ0) is 21.3. The van der Waals surface area contributed by atoms with E-state index in [0.29, 0.717) is 23.3 Å². The van der Waals surface area contributed by atoms with Gasteiger partial charge in [0.2, 0.25) is 0 Å². The molecule has 1 saturated heterocycles. The SMILES string of the molecule is COc1ccc(/C=C2/NC(=S)N(C3CC3)C2=O)cc1COc1ccc(C(C)C)cc1. The molecule has 0 aromatic heterocycles. The van der Waals surface area contributed by atoms with Crippen LogP contribution in [-0.4, -0.2) is 29.1 Å². The maximum atomic E-state index is 12.7. The van der Waals surface area contributed by atoms with Crippen molar-refractivity contribution < 1.29 is 14.3 Å². The summed E-state index contributed by atoms with van der Waals surface area (Å²) in [5, 5.41) is 3.55. The first kappa shape index (κ1) is 20.4. The molecule has 1 heterocycles. The Labute approximate surface area is 182 Å². The highest BCUT2D eigenvalue weighted by molar-refractivity contribution is 7.80. The summed E-state index contributed by atoms with van der Waals surface area (Å²) in [4.78, 5) is 14.3. The minimum atomic E-state index is -0.0543. The maximum absolute atomic E-state index is 12.7. The van der Waals surface area contributed by atoms with Crippen molar-refractivity contribution in [1.29, 1.82) is 0 Å². The molecule has 0 radical (unpaired) electrons. The Morgan fingerprint density at radius 2 is 1.93 bits per heavy atom. The molecule has 4 rings (SSSR count). The van der Waals surface area contributed by atoms with Crippen LogP contribution < -0.4 is 14.8 Å². The van der Waals surface area contributed by atoms with E-state index < -0.39 is 0 Å². The largest absolute Gasteiger partial charge is 0.496 e. The third-order valence-corrected chi connectivity index (χ3v) is 5.68. The third-order valence-electron chi connectivity index (χ3n) is 5.38. The van der Waals surface area contributed by atoms with Crippen LogP contribution in [0.4, 0.5) is 0 Å². The summed E-state index contributed by atoms with van der Waals surface area (Å²) in [7, 11) is 1.64. The van der Waals surface area contributed by atoms with Crippen molar-refractivity contribution >= 4 is 29.3 Å². The van der Waals surface area contributed by atoms with Crippen LogP contribution >= 0.6 is 12.2 Å². The predicted molar refractivity (Wildman–Crippen MR) is 121 cm³/mol. The lowest BCUT2D eigenvalue weighted by atomic mass is 10.0. The van der Waals surface area contributed by atoms with Crippen LogP contribution in [0.15, 0.2) is 48.2 Å². The predicted octanol–water partition coefficient (Wildman–Crippen LogP) is 4.62. The first-order chi connectivity index (χ1) is 14.5. The van der Waals surface area contributed by atoms with Gasteiger partial charge in [0.15, 0.2) is 5.11 Å². The summed E-state index contributed by atoms with van der Waals surface area (Å²) in [6.45, 7) is 4.71. The molecule has 2 fully saturated rings. The number of carbonyl (C=O) groups is 1. The molecule has 0 spiro atoms. The topological polar surface area (TPSA) is 50.8 Å². The Bertz CT molecular complexity index is 994. The minimum Gasteiger partial charge on any atom is -0.496 e. The van der Waals surface area contributed by atoms with Crippen molar-refractivity contribution in [2.45, 2.75) is 45.3 Å². The Kier molecular flexibility index (Phi) is 5.77. The van der Waals surface area contributed by atoms with Gasteiger partial charge in [0.25, 0.3) is 5.91 Å². The van der Waals surface area contributed by atoms with Crippen LogP contribution in [0.3, 0.4) is 0 Å². The second kappa shape index (κ2) is 8.48. The monoisotopic (exact) mass is 422 g/mol. The van der Waals surface area contributed by atoms with E-state index in [4.69, 9.17) is 21.7 Å². The van der Waals surface area contributed by atoms with Crippen LogP contribution in [-0.2, 0) is 11.4 Å². The van der Waals surface area contributed by atoms with Gasteiger partial charge in [-0.2, -0.15) is 0 Å². The molecule has 1 saturated carbocycles. The van der Waals surface area contributed by atoms with Gasteiger partial charge in [-0.25, -0.2) is 0 Å². The molecule has 0 atom stereocenters. The minimum absolute atomic E-state index is 0.0543. The van der Waals surface area contributed by atoms with Crippen molar-refractivity contribution in [3.63, 3.8) is 0 Å². The zero-order valence-corrected chi connectivity index (χ0v) is 18.3. The molecule has 1 N–H and O–H groups in total. The summed E-state index contributed by atoms with van der Waals surface area (Å²) in [5.41, 5.74) is 3.58. The summed E-state index contributed by atoms with van der Waals surface area (Å²) in [6.07, 6.45) is 3.86. The van der Waals surface area contributed by atoms with Crippen molar-refractivity contribution in [3.05, 3.63) is 64.9 Å². The number of methoxy groups -OCH3 is 1. The summed E-state index contributed by atoms with van der Waals surface area (Å²) >= 11 is 5.33. The van der Waals surface area contributed by atoms with Gasteiger partial charge in [-0.05, 0) is 72.4 Å². The Morgan fingerprint density at radius 3 is 2.57 bits per heavy atom. The van der Waals surface area contributed by atoms with Crippen molar-refractivity contribution in [2.75, 3.05) is 7.11 Å². The van der Waals surface area contributed by atoms with Gasteiger partial charge in [-0.15, -0.1) is 0 Å². The molecule has 30 heavy (non-hydrogen) atoms. The number of amides is 1. The molecular formula is C24H26N2O3S.